The summed E-state index contributed by atoms with van der Waals surface area (Å²) in [6.07, 6.45) is 3.28. The number of benzene rings is 1. The molecular weight excluding hydrogens is 376 g/mol. The predicted octanol–water partition coefficient (Wildman–Crippen LogP) is 1.57. The molecule has 1 aromatic carbocycles. The molecule has 7 nitrogen and oxygen atoms in total. The van der Waals surface area contributed by atoms with Gasteiger partial charge in [0.05, 0.1) is 17.8 Å². The van der Waals surface area contributed by atoms with Gasteiger partial charge in [-0.05, 0) is 26.0 Å². The number of carbonyl (C=O) groups is 1. The standard InChI is InChI=1S/C20H18N4O3S/c1-3-24-18(25)16(28-19(24)14(11-21)20(26)27-4-2)12-23-15-9-5-7-13-8-6-10-22-17(13)15/h5-10,12,23H,3-4H2,1-2H3. The number of nitriles is 1. The number of fused-ring (bicyclic) bond motifs is 1. The zero-order valence-electron chi connectivity index (χ0n) is 15.4. The van der Waals surface area contributed by atoms with Crippen molar-refractivity contribution in [3.63, 3.8) is 0 Å². The van der Waals surface area contributed by atoms with Gasteiger partial charge in [-0.1, -0.05) is 18.2 Å². The van der Waals surface area contributed by atoms with E-state index in [9.17, 15) is 14.9 Å². The van der Waals surface area contributed by atoms with Crippen molar-refractivity contribution < 1.29 is 9.53 Å². The number of hydrogen-bond donors (Lipinski definition) is 1. The lowest BCUT2D eigenvalue weighted by molar-refractivity contribution is -0.136. The Balaban J connectivity index is 2.13. The smallest absolute Gasteiger partial charge is 0.351 e. The van der Waals surface area contributed by atoms with Crippen LogP contribution in [-0.2, 0) is 16.1 Å². The van der Waals surface area contributed by atoms with Gasteiger partial charge in [-0.25, -0.2) is 4.79 Å². The number of anilines is 1. The van der Waals surface area contributed by atoms with Crippen LogP contribution in [0.15, 0.2) is 41.3 Å². The number of rotatable bonds is 5. The van der Waals surface area contributed by atoms with Crippen LogP contribution in [-0.4, -0.2) is 22.1 Å². The van der Waals surface area contributed by atoms with Crippen LogP contribution in [0.4, 0.5) is 5.69 Å². The summed E-state index contributed by atoms with van der Waals surface area (Å²) in [5.74, 6) is -0.730. The van der Waals surface area contributed by atoms with Crippen LogP contribution in [0.2, 0.25) is 0 Å². The highest BCUT2D eigenvalue weighted by molar-refractivity contribution is 7.07. The number of nitrogens with one attached hydrogen (secondary N) is 1. The molecule has 3 aromatic rings. The maximum atomic E-state index is 12.7. The van der Waals surface area contributed by atoms with Crippen LogP contribution in [0.1, 0.15) is 13.8 Å². The highest BCUT2D eigenvalue weighted by atomic mass is 32.1. The number of hydrogen-bond acceptors (Lipinski definition) is 7. The third-order valence-electron chi connectivity index (χ3n) is 4.02. The molecule has 0 atom stereocenters. The van der Waals surface area contributed by atoms with Crippen molar-refractivity contribution >= 4 is 45.7 Å². The Kier molecular flexibility index (Phi) is 5.87. The summed E-state index contributed by atoms with van der Waals surface area (Å²) in [6, 6.07) is 11.4. The zero-order chi connectivity index (χ0) is 20.1. The number of esters is 1. The molecule has 0 spiro atoms. The monoisotopic (exact) mass is 394 g/mol. The van der Waals surface area contributed by atoms with E-state index in [0.717, 1.165) is 27.9 Å². The third kappa shape index (κ3) is 3.66. The van der Waals surface area contributed by atoms with Crippen LogP contribution in [0.25, 0.3) is 22.7 Å². The molecule has 28 heavy (non-hydrogen) atoms. The van der Waals surface area contributed by atoms with Gasteiger partial charge in [0, 0.05) is 24.3 Å². The van der Waals surface area contributed by atoms with E-state index in [4.69, 9.17) is 4.74 Å². The first-order chi connectivity index (χ1) is 13.6. The molecule has 142 valence electrons. The molecule has 1 N–H and O–H groups in total. The molecule has 0 saturated heterocycles. The molecule has 0 aliphatic heterocycles. The van der Waals surface area contributed by atoms with Crippen LogP contribution in [0.3, 0.4) is 0 Å². The van der Waals surface area contributed by atoms with Gasteiger partial charge in [0.1, 0.15) is 15.3 Å². The quantitative estimate of drug-likeness (QED) is 0.660. The highest BCUT2D eigenvalue weighted by Crippen LogP contribution is 2.20. The van der Waals surface area contributed by atoms with Crippen molar-refractivity contribution in [1.82, 2.24) is 9.55 Å². The molecule has 0 bridgehead atoms. The summed E-state index contributed by atoms with van der Waals surface area (Å²) in [7, 11) is 0. The molecule has 3 rings (SSSR count). The van der Waals surface area contributed by atoms with E-state index in [1.54, 1.807) is 26.2 Å². The normalized spacial score (nSPS) is 12.5. The number of aromatic nitrogens is 2. The SMILES string of the molecule is CCOC(=O)C(C#N)=c1sc(=CNc2cccc3cccnc23)c(=O)n1CC. The minimum absolute atomic E-state index is 0.153. The second-order valence-corrected chi connectivity index (χ2v) is 6.73. The maximum absolute atomic E-state index is 12.7. The van der Waals surface area contributed by atoms with Crippen molar-refractivity contribution in [3.8, 4) is 6.07 Å². The minimum atomic E-state index is -0.730. The first-order valence-electron chi connectivity index (χ1n) is 8.72. The molecule has 2 aromatic heterocycles. The summed E-state index contributed by atoms with van der Waals surface area (Å²) in [6.45, 7) is 3.93. The molecule has 2 heterocycles. The second-order valence-electron chi connectivity index (χ2n) is 5.70. The van der Waals surface area contributed by atoms with Gasteiger partial charge in [0.25, 0.3) is 5.56 Å². The lowest BCUT2D eigenvalue weighted by Crippen LogP contribution is -2.32. The molecule has 0 amide bonds. The van der Waals surface area contributed by atoms with E-state index >= 15 is 0 Å². The maximum Gasteiger partial charge on any atom is 0.351 e. The van der Waals surface area contributed by atoms with Crippen LogP contribution >= 0.6 is 11.3 Å². The van der Waals surface area contributed by atoms with Crippen LogP contribution in [0, 0.1) is 11.3 Å². The van der Waals surface area contributed by atoms with E-state index < -0.39 is 5.97 Å². The van der Waals surface area contributed by atoms with Crippen molar-refractivity contribution in [2.24, 2.45) is 0 Å². The third-order valence-corrected chi connectivity index (χ3v) is 5.15. The van der Waals surface area contributed by atoms with Gasteiger partial charge < -0.3 is 10.1 Å². The fourth-order valence-corrected chi connectivity index (χ4v) is 3.82. The number of para-hydroxylation sites is 1. The summed E-state index contributed by atoms with van der Waals surface area (Å²) in [5.41, 5.74) is 1.09. The van der Waals surface area contributed by atoms with Gasteiger partial charge in [-0.3, -0.25) is 14.3 Å². The summed E-state index contributed by atoms with van der Waals surface area (Å²) in [4.78, 5) is 29.2. The van der Waals surface area contributed by atoms with Crippen molar-refractivity contribution in [2.75, 3.05) is 11.9 Å². The predicted molar refractivity (Wildman–Crippen MR) is 109 cm³/mol. The molecule has 0 saturated carbocycles. The molecule has 0 unspecified atom stereocenters. The van der Waals surface area contributed by atoms with E-state index in [1.807, 2.05) is 36.4 Å². The number of pyridine rings is 1. The van der Waals surface area contributed by atoms with Crippen molar-refractivity contribution in [3.05, 3.63) is 56.1 Å². The molecule has 0 aliphatic carbocycles. The highest BCUT2D eigenvalue weighted by Gasteiger charge is 2.16. The Labute approximate surface area is 164 Å². The minimum Gasteiger partial charge on any atom is -0.462 e. The van der Waals surface area contributed by atoms with E-state index in [-0.39, 0.29) is 22.4 Å². The number of carbonyl (C=O) groups excluding carboxylic acids is 1. The zero-order valence-corrected chi connectivity index (χ0v) is 16.2. The van der Waals surface area contributed by atoms with E-state index in [2.05, 4.69) is 10.3 Å². The lowest BCUT2D eigenvalue weighted by Gasteiger charge is -2.04. The molecule has 0 fully saturated rings. The molecular formula is C20H18N4O3S. The summed E-state index contributed by atoms with van der Waals surface area (Å²) < 4.78 is 7.00. The van der Waals surface area contributed by atoms with E-state index in [1.165, 1.54) is 4.57 Å². The fraction of sp³-hybridized carbons (Fsp3) is 0.200. The van der Waals surface area contributed by atoms with Gasteiger partial charge in [-0.2, -0.15) is 5.26 Å². The molecule has 0 radical (unpaired) electrons. The largest absolute Gasteiger partial charge is 0.462 e. The summed E-state index contributed by atoms with van der Waals surface area (Å²) >= 11 is 1.07. The van der Waals surface area contributed by atoms with Crippen molar-refractivity contribution in [1.29, 1.82) is 5.26 Å². The van der Waals surface area contributed by atoms with Crippen LogP contribution < -0.4 is 20.1 Å². The Morgan fingerprint density at radius 3 is 2.86 bits per heavy atom. The summed E-state index contributed by atoms with van der Waals surface area (Å²) in [5, 5.41) is 13.5. The first kappa shape index (κ1) is 19.3. The average Bonchev–Trinajstić information content (AvgIpc) is 3.02. The second kappa shape index (κ2) is 8.50. The van der Waals surface area contributed by atoms with Gasteiger partial charge in [0.2, 0.25) is 0 Å². The Hall–Kier alpha value is -3.44. The Bertz CT molecular complexity index is 1250. The Morgan fingerprint density at radius 1 is 1.36 bits per heavy atom. The van der Waals surface area contributed by atoms with Gasteiger partial charge in [-0.15, -0.1) is 11.3 Å². The van der Waals surface area contributed by atoms with Crippen molar-refractivity contribution in [2.45, 2.75) is 20.4 Å². The molecule has 8 heteroatoms. The topological polar surface area (TPSA) is 97.0 Å². The lowest BCUT2D eigenvalue weighted by atomic mass is 10.2. The van der Waals surface area contributed by atoms with Crippen LogP contribution in [0.5, 0.6) is 0 Å². The van der Waals surface area contributed by atoms with Gasteiger partial charge in [0.15, 0.2) is 5.57 Å². The number of ether oxygens (including phenoxy) is 1. The number of nitrogens with zero attached hydrogens (tertiary/aromatic N) is 3. The molecule has 0 aliphatic rings. The fourth-order valence-electron chi connectivity index (χ4n) is 2.74. The Morgan fingerprint density at radius 2 is 2.14 bits per heavy atom. The van der Waals surface area contributed by atoms with Gasteiger partial charge >= 0.3 is 5.97 Å². The number of thiazole rings is 1. The van der Waals surface area contributed by atoms with E-state index in [0.29, 0.717) is 11.1 Å². The average molecular weight is 394 g/mol. The first-order valence-corrected chi connectivity index (χ1v) is 9.54.